The molecule has 3 rings (SSSR count). The first-order chi connectivity index (χ1) is 13.4. The van der Waals surface area contributed by atoms with Crippen LogP contribution in [0.3, 0.4) is 0 Å². The predicted molar refractivity (Wildman–Crippen MR) is 101 cm³/mol. The van der Waals surface area contributed by atoms with E-state index >= 15 is 0 Å². The van der Waals surface area contributed by atoms with Gasteiger partial charge in [0.2, 0.25) is 10.0 Å². The third-order valence-electron chi connectivity index (χ3n) is 4.51. The van der Waals surface area contributed by atoms with Gasteiger partial charge in [0, 0.05) is 6.54 Å². The average molecular weight is 407 g/mol. The Hall–Kier alpha value is -2.45. The third kappa shape index (κ3) is 4.69. The standard InChI is InChI=1S/C20H22FNO5S/c1-15-4-10-18(11-5-15)28(24,25)22-12-2-3-19(22)20(23)27-14-13-26-17-8-6-16(21)7-9-17/h4-11,19H,2-3,12-14H2,1H3/t19-/m0/s1. The molecule has 0 aliphatic carbocycles. The van der Waals surface area contributed by atoms with Crippen molar-refractivity contribution in [3.63, 3.8) is 0 Å². The molecule has 0 unspecified atom stereocenters. The first-order valence-electron chi connectivity index (χ1n) is 9.01. The Bertz CT molecular complexity index is 913. The Morgan fingerprint density at radius 1 is 1.11 bits per heavy atom. The fraction of sp³-hybridized carbons (Fsp3) is 0.350. The Kier molecular flexibility index (Phi) is 6.31. The highest BCUT2D eigenvalue weighted by molar-refractivity contribution is 7.89. The van der Waals surface area contributed by atoms with E-state index in [1.54, 1.807) is 24.3 Å². The molecule has 0 aromatic heterocycles. The summed E-state index contributed by atoms with van der Waals surface area (Å²) in [7, 11) is -3.76. The normalized spacial score (nSPS) is 17.4. The van der Waals surface area contributed by atoms with E-state index in [9.17, 15) is 17.6 Å². The van der Waals surface area contributed by atoms with E-state index in [1.165, 1.54) is 28.6 Å². The first-order valence-corrected chi connectivity index (χ1v) is 10.5. The second-order valence-corrected chi connectivity index (χ2v) is 8.45. The third-order valence-corrected chi connectivity index (χ3v) is 6.44. The van der Waals surface area contributed by atoms with Gasteiger partial charge in [0.15, 0.2) is 0 Å². The zero-order valence-electron chi connectivity index (χ0n) is 15.5. The number of ether oxygens (including phenoxy) is 2. The minimum atomic E-state index is -3.76. The molecule has 28 heavy (non-hydrogen) atoms. The number of rotatable bonds is 7. The van der Waals surface area contributed by atoms with Gasteiger partial charge < -0.3 is 9.47 Å². The van der Waals surface area contributed by atoms with Crippen molar-refractivity contribution in [2.24, 2.45) is 0 Å². The molecule has 1 fully saturated rings. The van der Waals surface area contributed by atoms with E-state index < -0.39 is 22.0 Å². The van der Waals surface area contributed by atoms with Crippen molar-refractivity contribution in [2.75, 3.05) is 19.8 Å². The molecule has 0 N–H and O–H groups in total. The quantitative estimate of drug-likeness (QED) is 0.521. The van der Waals surface area contributed by atoms with E-state index in [0.29, 0.717) is 18.6 Å². The Morgan fingerprint density at radius 3 is 2.46 bits per heavy atom. The molecule has 1 aliphatic rings. The summed E-state index contributed by atoms with van der Waals surface area (Å²) in [5.74, 6) is -0.493. The van der Waals surface area contributed by atoms with Gasteiger partial charge in [-0.15, -0.1) is 0 Å². The summed E-state index contributed by atoms with van der Waals surface area (Å²) >= 11 is 0. The number of esters is 1. The number of benzene rings is 2. The lowest BCUT2D eigenvalue weighted by molar-refractivity contribution is -0.148. The maximum absolute atomic E-state index is 12.9. The summed E-state index contributed by atoms with van der Waals surface area (Å²) in [4.78, 5) is 12.6. The number of aryl methyl sites for hydroxylation is 1. The molecule has 1 heterocycles. The van der Waals surface area contributed by atoms with E-state index in [2.05, 4.69) is 0 Å². The van der Waals surface area contributed by atoms with Crippen LogP contribution in [0.2, 0.25) is 0 Å². The minimum absolute atomic E-state index is 0.0227. The van der Waals surface area contributed by atoms with E-state index in [-0.39, 0.29) is 30.5 Å². The largest absolute Gasteiger partial charge is 0.490 e. The van der Waals surface area contributed by atoms with Crippen LogP contribution in [0.25, 0.3) is 0 Å². The number of carbonyl (C=O) groups is 1. The molecule has 0 bridgehead atoms. The van der Waals surface area contributed by atoms with Crippen LogP contribution in [0.5, 0.6) is 5.75 Å². The molecular formula is C20H22FNO5S. The molecule has 0 spiro atoms. The highest BCUT2D eigenvalue weighted by Gasteiger charge is 2.40. The van der Waals surface area contributed by atoms with Gasteiger partial charge in [-0.1, -0.05) is 17.7 Å². The SMILES string of the molecule is Cc1ccc(S(=O)(=O)N2CCC[C@H]2C(=O)OCCOc2ccc(F)cc2)cc1. The van der Waals surface area contributed by atoms with Crippen molar-refractivity contribution in [3.8, 4) is 5.75 Å². The lowest BCUT2D eigenvalue weighted by Gasteiger charge is -2.22. The molecule has 1 saturated heterocycles. The summed E-state index contributed by atoms with van der Waals surface area (Å²) in [6.07, 6.45) is 1.01. The first kappa shape index (κ1) is 20.3. The van der Waals surface area contributed by atoms with Crippen LogP contribution in [0.4, 0.5) is 4.39 Å². The lowest BCUT2D eigenvalue weighted by atomic mass is 10.2. The maximum Gasteiger partial charge on any atom is 0.324 e. The topological polar surface area (TPSA) is 72.9 Å². The molecule has 0 amide bonds. The van der Waals surface area contributed by atoms with Gasteiger partial charge in [0.25, 0.3) is 0 Å². The van der Waals surface area contributed by atoms with Crippen LogP contribution in [-0.4, -0.2) is 44.5 Å². The van der Waals surface area contributed by atoms with Gasteiger partial charge >= 0.3 is 5.97 Å². The second kappa shape index (κ2) is 8.70. The van der Waals surface area contributed by atoms with Crippen molar-refractivity contribution >= 4 is 16.0 Å². The van der Waals surface area contributed by atoms with Crippen LogP contribution in [-0.2, 0) is 19.6 Å². The maximum atomic E-state index is 12.9. The monoisotopic (exact) mass is 407 g/mol. The molecule has 2 aromatic rings. The molecule has 2 aromatic carbocycles. The van der Waals surface area contributed by atoms with E-state index in [4.69, 9.17) is 9.47 Å². The van der Waals surface area contributed by atoms with Crippen molar-refractivity contribution in [2.45, 2.75) is 30.7 Å². The van der Waals surface area contributed by atoms with Gasteiger partial charge in [-0.05, 0) is 56.2 Å². The highest BCUT2D eigenvalue weighted by Crippen LogP contribution is 2.27. The Morgan fingerprint density at radius 2 is 1.79 bits per heavy atom. The summed E-state index contributed by atoms with van der Waals surface area (Å²) < 4.78 is 50.4. The van der Waals surface area contributed by atoms with Crippen LogP contribution in [0.1, 0.15) is 18.4 Å². The predicted octanol–water partition coefficient (Wildman–Crippen LogP) is 2.91. The smallest absolute Gasteiger partial charge is 0.324 e. The fourth-order valence-corrected chi connectivity index (χ4v) is 4.68. The zero-order chi connectivity index (χ0) is 20.1. The van der Waals surface area contributed by atoms with Crippen LogP contribution < -0.4 is 4.74 Å². The number of carbonyl (C=O) groups excluding carboxylic acids is 1. The molecule has 8 heteroatoms. The minimum Gasteiger partial charge on any atom is -0.490 e. The number of hydrogen-bond acceptors (Lipinski definition) is 5. The fourth-order valence-electron chi connectivity index (χ4n) is 3.04. The molecule has 1 aliphatic heterocycles. The molecule has 0 radical (unpaired) electrons. The molecule has 150 valence electrons. The highest BCUT2D eigenvalue weighted by atomic mass is 32.2. The molecule has 1 atom stereocenters. The second-order valence-electron chi connectivity index (χ2n) is 6.56. The lowest BCUT2D eigenvalue weighted by Crippen LogP contribution is -2.41. The number of hydrogen-bond donors (Lipinski definition) is 0. The van der Waals surface area contributed by atoms with Crippen LogP contribution in [0, 0.1) is 12.7 Å². The summed E-state index contributed by atoms with van der Waals surface area (Å²) in [5.41, 5.74) is 0.956. The number of sulfonamides is 1. The van der Waals surface area contributed by atoms with Crippen molar-refractivity contribution in [3.05, 3.63) is 59.9 Å². The zero-order valence-corrected chi connectivity index (χ0v) is 16.3. The van der Waals surface area contributed by atoms with E-state index in [0.717, 1.165) is 5.56 Å². The molecular weight excluding hydrogens is 385 g/mol. The van der Waals surface area contributed by atoms with Gasteiger partial charge in [-0.25, -0.2) is 12.8 Å². The summed E-state index contributed by atoms with van der Waals surface area (Å²) in [6, 6.07) is 11.2. The van der Waals surface area contributed by atoms with Gasteiger partial charge in [-0.2, -0.15) is 4.31 Å². The number of halogens is 1. The molecule has 6 nitrogen and oxygen atoms in total. The van der Waals surface area contributed by atoms with Crippen molar-refractivity contribution in [1.82, 2.24) is 4.31 Å². The Balaban J connectivity index is 1.56. The van der Waals surface area contributed by atoms with Gasteiger partial charge in [-0.3, -0.25) is 4.79 Å². The van der Waals surface area contributed by atoms with Crippen LogP contribution >= 0.6 is 0 Å². The summed E-state index contributed by atoms with van der Waals surface area (Å²) in [5, 5.41) is 0. The van der Waals surface area contributed by atoms with Crippen molar-refractivity contribution in [1.29, 1.82) is 0 Å². The van der Waals surface area contributed by atoms with Crippen molar-refractivity contribution < 1.29 is 27.1 Å². The average Bonchev–Trinajstić information content (AvgIpc) is 3.18. The van der Waals surface area contributed by atoms with Gasteiger partial charge in [0.1, 0.15) is 30.8 Å². The van der Waals surface area contributed by atoms with E-state index in [1.807, 2.05) is 6.92 Å². The Labute approximate surface area is 163 Å². The van der Waals surface area contributed by atoms with Gasteiger partial charge in [0.05, 0.1) is 4.90 Å². The number of nitrogens with zero attached hydrogens (tertiary/aromatic N) is 1. The summed E-state index contributed by atoms with van der Waals surface area (Å²) in [6.45, 7) is 2.22. The van der Waals surface area contributed by atoms with Crippen LogP contribution in [0.15, 0.2) is 53.4 Å². The molecule has 0 saturated carbocycles.